The highest BCUT2D eigenvalue weighted by Crippen LogP contribution is 2.41. The summed E-state index contributed by atoms with van der Waals surface area (Å²) in [7, 11) is 0. The first-order valence-corrected chi connectivity index (χ1v) is 7.69. The maximum atomic E-state index is 5.97. The van der Waals surface area contributed by atoms with Gasteiger partial charge in [-0.3, -0.25) is 0 Å². The van der Waals surface area contributed by atoms with Crippen molar-refractivity contribution in [2.45, 2.75) is 37.8 Å². The molecule has 4 rings (SSSR count). The molecule has 3 aliphatic heterocycles. The fourth-order valence-corrected chi connectivity index (χ4v) is 3.49. The molecule has 2 saturated heterocycles. The van der Waals surface area contributed by atoms with Gasteiger partial charge in [0.15, 0.2) is 5.79 Å². The van der Waals surface area contributed by atoms with Crippen LogP contribution < -0.4 is 0 Å². The second-order valence-corrected chi connectivity index (χ2v) is 6.00. The first-order valence-electron chi connectivity index (χ1n) is 7.69. The summed E-state index contributed by atoms with van der Waals surface area (Å²) in [6, 6.07) is 10.8. The second kappa shape index (κ2) is 5.13. The zero-order chi connectivity index (χ0) is 14.3. The Morgan fingerprint density at radius 2 is 1.90 bits per heavy atom. The third-order valence-electron chi connectivity index (χ3n) is 4.71. The van der Waals surface area contributed by atoms with Crippen LogP contribution in [-0.2, 0) is 14.2 Å². The average molecular weight is 287 g/mol. The number of rotatable bonds is 2. The van der Waals surface area contributed by atoms with Crippen molar-refractivity contribution in [1.29, 1.82) is 0 Å². The van der Waals surface area contributed by atoms with Crippen LogP contribution in [-0.4, -0.2) is 36.7 Å². The molecule has 2 fully saturated rings. The molecule has 112 valence electrons. The fourth-order valence-electron chi connectivity index (χ4n) is 3.49. The molecule has 3 aliphatic rings. The molecule has 0 N–H and O–H groups in total. The molecule has 0 spiro atoms. The van der Waals surface area contributed by atoms with Gasteiger partial charge in [0, 0.05) is 11.8 Å². The molecule has 1 aromatic rings. The molecule has 0 bridgehead atoms. The third kappa shape index (κ3) is 2.27. The fraction of sp³-hybridized carbons (Fsp3) is 0.529. The Morgan fingerprint density at radius 1 is 1.14 bits per heavy atom. The van der Waals surface area contributed by atoms with Crippen LogP contribution >= 0.6 is 0 Å². The van der Waals surface area contributed by atoms with E-state index in [0.717, 1.165) is 19.4 Å². The normalized spacial score (nSPS) is 31.1. The Labute approximate surface area is 125 Å². The number of benzene rings is 1. The SMILES string of the molecule is CC1(C2=CN3[C@H](CC2)OC[C@H]3c2ccccc2)OCCO1. The highest BCUT2D eigenvalue weighted by atomic mass is 16.7. The second-order valence-electron chi connectivity index (χ2n) is 6.00. The van der Waals surface area contributed by atoms with E-state index in [0.29, 0.717) is 13.2 Å². The lowest BCUT2D eigenvalue weighted by molar-refractivity contribution is -0.116. The molecule has 0 aliphatic carbocycles. The quantitative estimate of drug-likeness (QED) is 0.837. The van der Waals surface area contributed by atoms with Crippen LogP contribution in [0.2, 0.25) is 0 Å². The standard InChI is InChI=1S/C17H21NO3/c1-17(20-9-10-21-17)14-7-8-16-18(11-14)15(12-19-16)13-5-3-2-4-6-13/h2-6,11,15-16H,7-10,12H2,1H3/t15-,16-/m0/s1. The van der Waals surface area contributed by atoms with E-state index in [1.807, 2.05) is 6.92 Å². The van der Waals surface area contributed by atoms with Gasteiger partial charge in [0.25, 0.3) is 0 Å². The Hall–Kier alpha value is -1.36. The smallest absolute Gasteiger partial charge is 0.189 e. The van der Waals surface area contributed by atoms with E-state index in [2.05, 4.69) is 41.4 Å². The molecule has 2 atom stereocenters. The van der Waals surface area contributed by atoms with Crippen LogP contribution in [0.3, 0.4) is 0 Å². The number of hydrogen-bond acceptors (Lipinski definition) is 4. The van der Waals surface area contributed by atoms with Crippen molar-refractivity contribution in [3.05, 3.63) is 47.7 Å². The van der Waals surface area contributed by atoms with Crippen LogP contribution in [0.15, 0.2) is 42.1 Å². The van der Waals surface area contributed by atoms with Crippen molar-refractivity contribution in [3.8, 4) is 0 Å². The van der Waals surface area contributed by atoms with Gasteiger partial charge in [-0.15, -0.1) is 0 Å². The van der Waals surface area contributed by atoms with E-state index in [1.54, 1.807) is 0 Å². The van der Waals surface area contributed by atoms with Crippen molar-refractivity contribution in [1.82, 2.24) is 4.90 Å². The minimum absolute atomic E-state index is 0.184. The first kappa shape index (κ1) is 13.3. The summed E-state index contributed by atoms with van der Waals surface area (Å²) in [4.78, 5) is 2.34. The van der Waals surface area contributed by atoms with E-state index in [4.69, 9.17) is 14.2 Å². The number of nitrogens with zero attached hydrogens (tertiary/aromatic N) is 1. The number of fused-ring (bicyclic) bond motifs is 1. The highest BCUT2D eigenvalue weighted by molar-refractivity contribution is 5.24. The van der Waals surface area contributed by atoms with Crippen molar-refractivity contribution in [2.24, 2.45) is 0 Å². The van der Waals surface area contributed by atoms with E-state index < -0.39 is 5.79 Å². The lowest BCUT2D eigenvalue weighted by Gasteiger charge is -2.36. The Kier molecular flexibility index (Phi) is 3.25. The predicted molar refractivity (Wildman–Crippen MR) is 78.4 cm³/mol. The molecule has 4 heteroatoms. The summed E-state index contributed by atoms with van der Waals surface area (Å²) >= 11 is 0. The Morgan fingerprint density at radius 3 is 2.67 bits per heavy atom. The van der Waals surface area contributed by atoms with Gasteiger partial charge < -0.3 is 19.1 Å². The summed E-state index contributed by atoms with van der Waals surface area (Å²) in [6.07, 6.45) is 4.37. The van der Waals surface area contributed by atoms with Crippen molar-refractivity contribution in [2.75, 3.05) is 19.8 Å². The topological polar surface area (TPSA) is 30.9 Å². The van der Waals surface area contributed by atoms with E-state index >= 15 is 0 Å². The van der Waals surface area contributed by atoms with E-state index in [-0.39, 0.29) is 12.3 Å². The first-order chi connectivity index (χ1) is 10.3. The van der Waals surface area contributed by atoms with Gasteiger partial charge in [-0.1, -0.05) is 30.3 Å². The summed E-state index contributed by atoms with van der Waals surface area (Å²) in [5.41, 5.74) is 2.53. The average Bonchev–Trinajstić information content (AvgIpc) is 3.14. The van der Waals surface area contributed by atoms with E-state index in [9.17, 15) is 0 Å². The largest absolute Gasteiger partial charge is 0.356 e. The van der Waals surface area contributed by atoms with E-state index in [1.165, 1.54) is 11.1 Å². The highest BCUT2D eigenvalue weighted by Gasteiger charge is 2.42. The van der Waals surface area contributed by atoms with Crippen LogP contribution in [0.25, 0.3) is 0 Å². The molecular formula is C17H21NO3. The zero-order valence-corrected chi connectivity index (χ0v) is 12.3. The summed E-state index contributed by atoms with van der Waals surface area (Å²) < 4.78 is 17.6. The number of hydrogen-bond donors (Lipinski definition) is 0. The molecule has 1 aromatic carbocycles. The molecule has 0 aromatic heterocycles. The monoisotopic (exact) mass is 287 g/mol. The Bertz CT molecular complexity index is 536. The molecule has 0 radical (unpaired) electrons. The number of ether oxygens (including phenoxy) is 3. The maximum absolute atomic E-state index is 5.97. The Balaban J connectivity index is 1.63. The molecule has 4 nitrogen and oxygen atoms in total. The van der Waals surface area contributed by atoms with Crippen molar-refractivity contribution < 1.29 is 14.2 Å². The van der Waals surface area contributed by atoms with Crippen molar-refractivity contribution >= 4 is 0 Å². The van der Waals surface area contributed by atoms with Gasteiger partial charge in [-0.2, -0.15) is 0 Å². The van der Waals surface area contributed by atoms with Crippen LogP contribution in [0.4, 0.5) is 0 Å². The molecular weight excluding hydrogens is 266 g/mol. The van der Waals surface area contributed by atoms with Crippen molar-refractivity contribution in [3.63, 3.8) is 0 Å². The molecule has 0 saturated carbocycles. The summed E-state index contributed by atoms with van der Waals surface area (Å²) in [5, 5.41) is 0. The predicted octanol–water partition coefficient (Wildman–Crippen LogP) is 2.83. The van der Waals surface area contributed by atoms with Gasteiger partial charge in [-0.25, -0.2) is 0 Å². The molecule has 0 unspecified atom stereocenters. The van der Waals surface area contributed by atoms with Crippen LogP contribution in [0, 0.1) is 0 Å². The van der Waals surface area contributed by atoms with Crippen LogP contribution in [0.5, 0.6) is 0 Å². The van der Waals surface area contributed by atoms with Gasteiger partial charge in [0.1, 0.15) is 6.23 Å². The molecule has 21 heavy (non-hydrogen) atoms. The van der Waals surface area contributed by atoms with Gasteiger partial charge in [0.05, 0.1) is 25.9 Å². The maximum Gasteiger partial charge on any atom is 0.189 e. The molecule has 0 amide bonds. The van der Waals surface area contributed by atoms with Gasteiger partial charge in [-0.05, 0) is 25.3 Å². The van der Waals surface area contributed by atoms with Gasteiger partial charge in [0.2, 0.25) is 0 Å². The minimum Gasteiger partial charge on any atom is -0.356 e. The summed E-state index contributed by atoms with van der Waals surface area (Å²) in [6.45, 7) is 4.13. The summed E-state index contributed by atoms with van der Waals surface area (Å²) in [5.74, 6) is -0.547. The van der Waals surface area contributed by atoms with Crippen LogP contribution in [0.1, 0.15) is 31.4 Å². The lowest BCUT2D eigenvalue weighted by Crippen LogP contribution is -2.37. The third-order valence-corrected chi connectivity index (χ3v) is 4.71. The lowest BCUT2D eigenvalue weighted by atomic mass is 9.97. The molecule has 3 heterocycles. The van der Waals surface area contributed by atoms with Gasteiger partial charge >= 0.3 is 0 Å². The zero-order valence-electron chi connectivity index (χ0n) is 12.3. The minimum atomic E-state index is -0.547.